The maximum Gasteiger partial charge on any atom is 0.261 e. The van der Waals surface area contributed by atoms with Crippen LogP contribution in [-0.4, -0.2) is 35.9 Å². The van der Waals surface area contributed by atoms with Gasteiger partial charge in [0.1, 0.15) is 17.6 Å². The van der Waals surface area contributed by atoms with E-state index in [1.807, 2.05) is 6.92 Å². The zero-order valence-corrected chi connectivity index (χ0v) is 16.7. The molecule has 2 rings (SSSR count). The Morgan fingerprint density at radius 3 is 2.57 bits per heavy atom. The van der Waals surface area contributed by atoms with E-state index in [0.29, 0.717) is 22.9 Å². The van der Waals surface area contributed by atoms with Crippen LogP contribution in [0.25, 0.3) is 0 Å². The molecule has 0 heterocycles. The van der Waals surface area contributed by atoms with Crippen LogP contribution in [0.2, 0.25) is 5.02 Å². The first-order valence-electron chi connectivity index (χ1n) is 9.10. The Morgan fingerprint density at radius 1 is 1.21 bits per heavy atom. The van der Waals surface area contributed by atoms with Crippen LogP contribution in [-0.2, 0) is 16.1 Å². The molecule has 0 saturated carbocycles. The molecule has 0 fully saturated rings. The van der Waals surface area contributed by atoms with Gasteiger partial charge in [0.25, 0.3) is 5.91 Å². The molecular formula is C21H24ClFN2O3. The van der Waals surface area contributed by atoms with Crippen molar-refractivity contribution in [3.05, 3.63) is 64.9 Å². The SMILES string of the molecule is CCCNC(=O)[C@H](C)N(Cc1ccc(F)cc1)C(=O)COc1cccc(Cl)c1. The van der Waals surface area contributed by atoms with Gasteiger partial charge in [-0.2, -0.15) is 0 Å². The Kier molecular flexibility index (Phi) is 8.26. The first-order chi connectivity index (χ1) is 13.4. The first-order valence-corrected chi connectivity index (χ1v) is 9.48. The minimum absolute atomic E-state index is 0.165. The second kappa shape index (κ2) is 10.7. The van der Waals surface area contributed by atoms with E-state index in [9.17, 15) is 14.0 Å². The number of halogens is 2. The molecule has 2 aromatic carbocycles. The normalized spacial score (nSPS) is 11.6. The lowest BCUT2D eigenvalue weighted by atomic mass is 10.1. The average molecular weight is 407 g/mol. The van der Waals surface area contributed by atoms with E-state index >= 15 is 0 Å². The van der Waals surface area contributed by atoms with Gasteiger partial charge in [-0.15, -0.1) is 0 Å². The number of amides is 2. The number of nitrogens with one attached hydrogen (secondary N) is 1. The number of hydrogen-bond donors (Lipinski definition) is 1. The quantitative estimate of drug-likeness (QED) is 0.689. The highest BCUT2D eigenvalue weighted by Gasteiger charge is 2.26. The summed E-state index contributed by atoms with van der Waals surface area (Å²) < 4.78 is 18.7. The van der Waals surface area contributed by atoms with Crippen LogP contribution in [0.15, 0.2) is 48.5 Å². The van der Waals surface area contributed by atoms with E-state index in [1.165, 1.54) is 17.0 Å². The van der Waals surface area contributed by atoms with Gasteiger partial charge in [0.2, 0.25) is 5.91 Å². The first kappa shape index (κ1) is 21.7. The van der Waals surface area contributed by atoms with Crippen molar-refractivity contribution < 1.29 is 18.7 Å². The van der Waals surface area contributed by atoms with Crippen LogP contribution in [0, 0.1) is 5.82 Å². The van der Waals surface area contributed by atoms with E-state index in [1.54, 1.807) is 43.3 Å². The van der Waals surface area contributed by atoms with Crippen molar-refractivity contribution in [3.8, 4) is 5.75 Å². The van der Waals surface area contributed by atoms with Crippen molar-refractivity contribution in [2.75, 3.05) is 13.2 Å². The summed E-state index contributed by atoms with van der Waals surface area (Å²) in [5, 5.41) is 3.29. The molecule has 5 nitrogen and oxygen atoms in total. The van der Waals surface area contributed by atoms with Gasteiger partial charge >= 0.3 is 0 Å². The van der Waals surface area contributed by atoms with E-state index in [-0.39, 0.29) is 30.8 Å². The molecule has 2 aromatic rings. The lowest BCUT2D eigenvalue weighted by molar-refractivity contribution is -0.142. The molecule has 150 valence electrons. The van der Waals surface area contributed by atoms with Crippen LogP contribution in [0.1, 0.15) is 25.8 Å². The number of rotatable bonds is 9. The molecule has 7 heteroatoms. The van der Waals surface area contributed by atoms with E-state index < -0.39 is 6.04 Å². The summed E-state index contributed by atoms with van der Waals surface area (Å²) >= 11 is 5.92. The Balaban J connectivity index is 2.11. The van der Waals surface area contributed by atoms with Crippen LogP contribution in [0.4, 0.5) is 4.39 Å². The fourth-order valence-electron chi connectivity index (χ4n) is 2.55. The van der Waals surface area contributed by atoms with Crippen LogP contribution >= 0.6 is 11.6 Å². The molecule has 0 radical (unpaired) electrons. The smallest absolute Gasteiger partial charge is 0.261 e. The fourth-order valence-corrected chi connectivity index (χ4v) is 2.73. The van der Waals surface area contributed by atoms with Crippen LogP contribution < -0.4 is 10.1 Å². The molecule has 0 spiro atoms. The number of ether oxygens (including phenoxy) is 1. The largest absolute Gasteiger partial charge is 0.484 e. The maximum atomic E-state index is 13.2. The third-order valence-corrected chi connectivity index (χ3v) is 4.38. The molecule has 0 aliphatic carbocycles. The highest BCUT2D eigenvalue weighted by atomic mass is 35.5. The number of benzene rings is 2. The summed E-state index contributed by atoms with van der Waals surface area (Å²) in [5.74, 6) is -0.506. The zero-order valence-electron chi connectivity index (χ0n) is 16.0. The molecule has 0 bridgehead atoms. The molecule has 1 atom stereocenters. The predicted molar refractivity (Wildman–Crippen MR) is 107 cm³/mol. The fraction of sp³-hybridized carbons (Fsp3) is 0.333. The van der Waals surface area contributed by atoms with Crippen molar-refractivity contribution in [1.29, 1.82) is 0 Å². The van der Waals surface area contributed by atoms with Gasteiger partial charge in [0, 0.05) is 18.1 Å². The molecule has 0 aromatic heterocycles. The minimum atomic E-state index is -0.702. The van der Waals surface area contributed by atoms with Gasteiger partial charge in [-0.25, -0.2) is 4.39 Å². The Bertz CT molecular complexity index is 798. The van der Waals surface area contributed by atoms with Gasteiger partial charge < -0.3 is 15.0 Å². The molecule has 28 heavy (non-hydrogen) atoms. The average Bonchev–Trinajstić information content (AvgIpc) is 2.69. The molecule has 2 amide bonds. The number of nitrogens with zero attached hydrogens (tertiary/aromatic N) is 1. The summed E-state index contributed by atoms with van der Waals surface area (Å²) in [4.78, 5) is 26.6. The molecule has 0 aliphatic rings. The third-order valence-electron chi connectivity index (χ3n) is 4.14. The van der Waals surface area contributed by atoms with Gasteiger partial charge in [0.05, 0.1) is 0 Å². The summed E-state index contributed by atoms with van der Waals surface area (Å²) in [6.45, 7) is 4.06. The van der Waals surface area contributed by atoms with Gasteiger partial charge in [-0.3, -0.25) is 9.59 Å². The van der Waals surface area contributed by atoms with E-state index in [2.05, 4.69) is 5.32 Å². The number of carbonyl (C=O) groups is 2. The van der Waals surface area contributed by atoms with Gasteiger partial charge in [0.15, 0.2) is 6.61 Å². The number of hydrogen-bond acceptors (Lipinski definition) is 3. The monoisotopic (exact) mass is 406 g/mol. The maximum absolute atomic E-state index is 13.2. The van der Waals surface area contributed by atoms with Crippen molar-refractivity contribution in [1.82, 2.24) is 10.2 Å². The van der Waals surface area contributed by atoms with Gasteiger partial charge in [-0.05, 0) is 49.2 Å². The summed E-state index contributed by atoms with van der Waals surface area (Å²) in [7, 11) is 0. The molecule has 0 saturated heterocycles. The van der Waals surface area contributed by atoms with Crippen molar-refractivity contribution >= 4 is 23.4 Å². The van der Waals surface area contributed by atoms with Crippen molar-refractivity contribution in [2.45, 2.75) is 32.9 Å². The molecule has 1 N–H and O–H groups in total. The van der Waals surface area contributed by atoms with Crippen LogP contribution in [0.5, 0.6) is 5.75 Å². The van der Waals surface area contributed by atoms with Crippen LogP contribution in [0.3, 0.4) is 0 Å². The third kappa shape index (κ3) is 6.53. The Hall–Kier alpha value is -2.60. The lowest BCUT2D eigenvalue weighted by Gasteiger charge is -2.28. The summed E-state index contributed by atoms with van der Waals surface area (Å²) in [6.07, 6.45) is 0.794. The summed E-state index contributed by atoms with van der Waals surface area (Å²) in [5.41, 5.74) is 0.715. The highest BCUT2D eigenvalue weighted by Crippen LogP contribution is 2.18. The summed E-state index contributed by atoms with van der Waals surface area (Å²) in [6, 6.07) is 11.8. The second-order valence-corrected chi connectivity index (χ2v) is 6.80. The minimum Gasteiger partial charge on any atom is -0.484 e. The molecule has 0 unspecified atom stereocenters. The molecular weight excluding hydrogens is 383 g/mol. The lowest BCUT2D eigenvalue weighted by Crippen LogP contribution is -2.49. The van der Waals surface area contributed by atoms with E-state index in [4.69, 9.17) is 16.3 Å². The zero-order chi connectivity index (χ0) is 20.5. The van der Waals surface area contributed by atoms with Crippen molar-refractivity contribution in [3.63, 3.8) is 0 Å². The predicted octanol–water partition coefficient (Wildman–Crippen LogP) is 3.80. The standard InChI is InChI=1S/C21H24ClFN2O3/c1-3-11-24-21(27)15(2)25(13-16-7-9-18(23)10-8-16)20(26)14-28-19-6-4-5-17(22)12-19/h4-10,12,15H,3,11,13-14H2,1-2H3,(H,24,27)/t15-/m0/s1. The number of carbonyl (C=O) groups excluding carboxylic acids is 2. The highest BCUT2D eigenvalue weighted by molar-refractivity contribution is 6.30. The van der Waals surface area contributed by atoms with E-state index in [0.717, 1.165) is 6.42 Å². The second-order valence-electron chi connectivity index (χ2n) is 6.36. The Labute approximate surface area is 169 Å². The topological polar surface area (TPSA) is 58.6 Å². The molecule has 0 aliphatic heterocycles. The van der Waals surface area contributed by atoms with Crippen molar-refractivity contribution in [2.24, 2.45) is 0 Å². The van der Waals surface area contributed by atoms with Gasteiger partial charge in [-0.1, -0.05) is 36.7 Å². The Morgan fingerprint density at radius 2 is 1.93 bits per heavy atom.